The van der Waals surface area contributed by atoms with Crippen LogP contribution in [0.15, 0.2) is 0 Å². The summed E-state index contributed by atoms with van der Waals surface area (Å²) in [7, 11) is 0. The van der Waals surface area contributed by atoms with Gasteiger partial charge in [-0.25, -0.2) is 9.78 Å². The third-order valence-electron chi connectivity index (χ3n) is 1.85. The number of esters is 2. The van der Waals surface area contributed by atoms with Gasteiger partial charge in [0.25, 0.3) is 0 Å². The molecule has 0 amide bonds. The third-order valence-corrected chi connectivity index (χ3v) is 2.84. The van der Waals surface area contributed by atoms with Crippen LogP contribution in [-0.2, 0) is 20.9 Å². The molecule has 0 aliphatic rings. The van der Waals surface area contributed by atoms with Crippen molar-refractivity contribution in [2.45, 2.75) is 40.4 Å². The molecule has 0 aliphatic heterocycles. The van der Waals surface area contributed by atoms with Crippen molar-refractivity contribution in [3.8, 4) is 5.88 Å². The highest BCUT2D eigenvalue weighted by Gasteiger charge is 2.21. The number of rotatable bonds is 6. The van der Waals surface area contributed by atoms with Gasteiger partial charge in [-0.1, -0.05) is 0 Å². The van der Waals surface area contributed by atoms with Gasteiger partial charge in [0.15, 0.2) is 4.88 Å². The first-order chi connectivity index (χ1) is 8.93. The molecule has 6 nitrogen and oxygen atoms in total. The van der Waals surface area contributed by atoms with Gasteiger partial charge in [-0.05, 0) is 20.8 Å². The summed E-state index contributed by atoms with van der Waals surface area (Å²) in [5.41, 5.74) is 0. The van der Waals surface area contributed by atoms with Crippen LogP contribution in [0, 0.1) is 0 Å². The van der Waals surface area contributed by atoms with E-state index in [0.717, 1.165) is 11.3 Å². The number of aromatic nitrogens is 1. The van der Waals surface area contributed by atoms with Gasteiger partial charge >= 0.3 is 11.9 Å². The summed E-state index contributed by atoms with van der Waals surface area (Å²) in [6, 6.07) is 0. The van der Waals surface area contributed by atoms with E-state index in [2.05, 4.69) is 4.98 Å². The maximum atomic E-state index is 11.8. The summed E-state index contributed by atoms with van der Waals surface area (Å²) in [4.78, 5) is 26.9. The van der Waals surface area contributed by atoms with E-state index in [9.17, 15) is 9.59 Å². The average molecular weight is 287 g/mol. The molecule has 0 spiro atoms. The molecule has 0 aromatic carbocycles. The van der Waals surface area contributed by atoms with Crippen molar-refractivity contribution in [2.24, 2.45) is 0 Å². The van der Waals surface area contributed by atoms with Gasteiger partial charge in [0, 0.05) is 6.92 Å². The quantitative estimate of drug-likeness (QED) is 0.746. The first kappa shape index (κ1) is 15.4. The smallest absolute Gasteiger partial charge is 0.353 e. The Labute approximate surface area is 115 Å². The molecular formula is C12H17NO5S. The van der Waals surface area contributed by atoms with E-state index in [4.69, 9.17) is 14.2 Å². The lowest BCUT2D eigenvalue weighted by Crippen LogP contribution is -2.10. The number of carbonyl (C=O) groups is 2. The summed E-state index contributed by atoms with van der Waals surface area (Å²) >= 11 is 1.10. The van der Waals surface area contributed by atoms with Crippen molar-refractivity contribution in [3.05, 3.63) is 9.88 Å². The van der Waals surface area contributed by atoms with Gasteiger partial charge in [0.05, 0.1) is 12.7 Å². The lowest BCUT2D eigenvalue weighted by Gasteiger charge is -2.07. The normalized spacial score (nSPS) is 10.4. The highest BCUT2D eigenvalue weighted by molar-refractivity contribution is 7.13. The largest absolute Gasteiger partial charge is 0.474 e. The fourth-order valence-electron chi connectivity index (χ4n) is 1.20. The van der Waals surface area contributed by atoms with Crippen molar-refractivity contribution in [3.63, 3.8) is 0 Å². The fourth-order valence-corrected chi connectivity index (χ4v) is 2.01. The highest BCUT2D eigenvalue weighted by Crippen LogP contribution is 2.27. The van der Waals surface area contributed by atoms with Crippen LogP contribution in [0.2, 0.25) is 0 Å². The van der Waals surface area contributed by atoms with Crippen molar-refractivity contribution in [1.29, 1.82) is 0 Å². The lowest BCUT2D eigenvalue weighted by molar-refractivity contribution is -0.142. The van der Waals surface area contributed by atoms with Crippen LogP contribution in [0.5, 0.6) is 5.88 Å². The summed E-state index contributed by atoms with van der Waals surface area (Å²) in [5, 5.41) is 0.494. The number of hydrogen-bond acceptors (Lipinski definition) is 7. The summed E-state index contributed by atoms with van der Waals surface area (Å²) < 4.78 is 15.2. The molecule has 0 bridgehead atoms. The summed E-state index contributed by atoms with van der Waals surface area (Å²) in [6.07, 6.45) is -0.114. The molecule has 0 fully saturated rings. The van der Waals surface area contributed by atoms with Crippen LogP contribution in [0.25, 0.3) is 0 Å². The van der Waals surface area contributed by atoms with Crippen molar-refractivity contribution in [2.75, 3.05) is 6.61 Å². The second-order valence-corrected chi connectivity index (χ2v) is 4.99. The second-order valence-electron chi connectivity index (χ2n) is 3.91. The Bertz CT molecular complexity index is 455. The molecule has 1 rings (SSSR count). The van der Waals surface area contributed by atoms with Crippen molar-refractivity contribution in [1.82, 2.24) is 4.98 Å². The molecule has 0 saturated carbocycles. The molecule has 0 unspecified atom stereocenters. The molecule has 1 aromatic heterocycles. The number of carbonyl (C=O) groups excluding carboxylic acids is 2. The Morgan fingerprint density at radius 3 is 2.53 bits per heavy atom. The maximum absolute atomic E-state index is 11.8. The molecule has 106 valence electrons. The molecule has 7 heteroatoms. The zero-order valence-corrected chi connectivity index (χ0v) is 12.2. The average Bonchev–Trinajstić information content (AvgIpc) is 2.69. The van der Waals surface area contributed by atoms with Gasteiger partial charge in [-0.2, -0.15) is 0 Å². The monoisotopic (exact) mass is 287 g/mol. The number of nitrogens with zero attached hydrogens (tertiary/aromatic N) is 1. The van der Waals surface area contributed by atoms with Crippen LogP contribution in [-0.4, -0.2) is 29.6 Å². The standard InChI is InChI=1S/C12H17NO5S/c1-5-16-12(15)10-11(18-7(2)3)13-9(19-10)6-17-8(4)14/h7H,5-6H2,1-4H3. The topological polar surface area (TPSA) is 74.7 Å². The van der Waals surface area contributed by atoms with Crippen LogP contribution in [0.3, 0.4) is 0 Å². The highest BCUT2D eigenvalue weighted by atomic mass is 32.1. The lowest BCUT2D eigenvalue weighted by atomic mass is 10.4. The Balaban J connectivity index is 2.91. The van der Waals surface area contributed by atoms with E-state index in [1.165, 1.54) is 6.92 Å². The summed E-state index contributed by atoms with van der Waals surface area (Å²) in [6.45, 7) is 7.00. The second kappa shape index (κ2) is 7.08. The minimum atomic E-state index is -0.482. The molecule has 0 saturated heterocycles. The van der Waals surface area contributed by atoms with E-state index in [0.29, 0.717) is 5.01 Å². The van der Waals surface area contributed by atoms with Gasteiger partial charge < -0.3 is 14.2 Å². The Morgan fingerprint density at radius 2 is 2.00 bits per heavy atom. The van der Waals surface area contributed by atoms with E-state index in [1.807, 2.05) is 13.8 Å². The van der Waals surface area contributed by atoms with Crippen LogP contribution < -0.4 is 4.74 Å². The SMILES string of the molecule is CCOC(=O)c1sc(COC(C)=O)nc1OC(C)C. The first-order valence-electron chi connectivity index (χ1n) is 5.90. The zero-order valence-electron chi connectivity index (χ0n) is 11.4. The van der Waals surface area contributed by atoms with E-state index >= 15 is 0 Å². The first-order valence-corrected chi connectivity index (χ1v) is 6.72. The van der Waals surface area contributed by atoms with Gasteiger partial charge in [0.1, 0.15) is 11.6 Å². The molecule has 0 aliphatic carbocycles. The minimum Gasteiger partial charge on any atom is -0.474 e. The molecule has 19 heavy (non-hydrogen) atoms. The molecule has 0 atom stereocenters. The predicted octanol–water partition coefficient (Wildman–Crippen LogP) is 2.17. The molecule has 1 heterocycles. The van der Waals surface area contributed by atoms with Gasteiger partial charge in [-0.3, -0.25) is 4.79 Å². The maximum Gasteiger partial charge on any atom is 0.353 e. The minimum absolute atomic E-state index is 0.0217. The third kappa shape index (κ3) is 4.86. The molecule has 0 N–H and O–H groups in total. The number of hydrogen-bond donors (Lipinski definition) is 0. The molecular weight excluding hydrogens is 270 g/mol. The van der Waals surface area contributed by atoms with E-state index < -0.39 is 11.9 Å². The fraction of sp³-hybridized carbons (Fsp3) is 0.583. The van der Waals surface area contributed by atoms with Crippen molar-refractivity contribution < 1.29 is 23.8 Å². The van der Waals surface area contributed by atoms with Gasteiger partial charge in [0.2, 0.25) is 5.88 Å². The molecule has 1 aromatic rings. The van der Waals surface area contributed by atoms with E-state index in [-0.39, 0.29) is 30.1 Å². The Hall–Kier alpha value is -1.63. The summed E-state index contributed by atoms with van der Waals surface area (Å²) in [5.74, 6) is -0.662. The van der Waals surface area contributed by atoms with Crippen LogP contribution in [0.1, 0.15) is 42.4 Å². The van der Waals surface area contributed by atoms with Crippen molar-refractivity contribution >= 4 is 23.3 Å². The predicted molar refractivity (Wildman–Crippen MR) is 69.3 cm³/mol. The van der Waals surface area contributed by atoms with Crippen LogP contribution in [0.4, 0.5) is 0 Å². The Morgan fingerprint density at radius 1 is 1.32 bits per heavy atom. The zero-order chi connectivity index (χ0) is 14.4. The van der Waals surface area contributed by atoms with E-state index in [1.54, 1.807) is 6.92 Å². The van der Waals surface area contributed by atoms with Gasteiger partial charge in [-0.15, -0.1) is 11.3 Å². The Kier molecular flexibility index (Phi) is 5.75. The molecule has 0 radical (unpaired) electrons. The number of thiazole rings is 1. The number of ether oxygens (including phenoxy) is 3. The van der Waals surface area contributed by atoms with Crippen LogP contribution >= 0.6 is 11.3 Å².